The number of nitrogens with two attached hydrogens (primary N) is 1. The van der Waals surface area contributed by atoms with Gasteiger partial charge in [0.15, 0.2) is 11.5 Å². The molecule has 2 aromatic carbocycles. The molecule has 0 saturated heterocycles. The number of benzene rings is 2. The highest BCUT2D eigenvalue weighted by molar-refractivity contribution is 5.94. The molecule has 2 aliphatic rings. The van der Waals surface area contributed by atoms with Crippen molar-refractivity contribution < 1.29 is 28.5 Å². The van der Waals surface area contributed by atoms with Gasteiger partial charge in [-0.1, -0.05) is 0 Å². The fraction of sp³-hybridized carbons (Fsp3) is 0.414. The number of nitrogens with one attached hydrogen (secondary N) is 1. The summed E-state index contributed by atoms with van der Waals surface area (Å²) < 4.78 is 23.1. The second kappa shape index (κ2) is 11.7. The van der Waals surface area contributed by atoms with E-state index in [-0.39, 0.29) is 30.5 Å². The van der Waals surface area contributed by atoms with Gasteiger partial charge in [-0.15, -0.1) is 0 Å². The van der Waals surface area contributed by atoms with Crippen LogP contribution in [0, 0.1) is 5.92 Å². The number of carbonyl (C=O) groups excluding carboxylic acids is 2. The molecule has 200 valence electrons. The minimum absolute atomic E-state index is 0.0105. The minimum atomic E-state index is -0.742. The normalized spacial score (nSPS) is 16.2. The number of fused-ring (bicyclic) bond motifs is 1. The van der Waals surface area contributed by atoms with Crippen molar-refractivity contribution in [3.05, 3.63) is 48.7 Å². The number of nitrogens with zero attached hydrogens (tertiary/aromatic N) is 1. The van der Waals surface area contributed by atoms with Crippen molar-refractivity contribution in [3.63, 3.8) is 0 Å². The molecule has 9 nitrogen and oxygen atoms in total. The standard InChI is InChI=1S/C29H33N3O6/c1-35-26-16-22-24(17-27(26)36-15-13-23(30)29(34)38-20-4-2-3-5-20)31-14-12-25(22)37-21-10-8-19(9-11-21)32-28(33)18-6-7-18/h8-12,14,16-18,20,23H,2-7,13,15,30H2,1H3,(H,32,33). The van der Waals surface area contributed by atoms with Crippen LogP contribution in [0.1, 0.15) is 44.9 Å². The molecule has 0 aliphatic heterocycles. The third-order valence-corrected chi connectivity index (χ3v) is 6.86. The van der Waals surface area contributed by atoms with Crippen LogP contribution in [0.4, 0.5) is 5.69 Å². The zero-order valence-electron chi connectivity index (χ0n) is 21.5. The molecule has 2 aliphatic carbocycles. The SMILES string of the molecule is COc1cc2c(Oc3ccc(NC(=O)C4CC4)cc3)ccnc2cc1OCCC(N)C(=O)OC1CCCC1. The highest BCUT2D eigenvalue weighted by atomic mass is 16.5. The van der Waals surface area contributed by atoms with Gasteiger partial charge in [0.25, 0.3) is 0 Å². The van der Waals surface area contributed by atoms with E-state index >= 15 is 0 Å². The number of esters is 1. The molecular weight excluding hydrogens is 486 g/mol. The molecule has 0 bridgehead atoms. The van der Waals surface area contributed by atoms with E-state index in [0.29, 0.717) is 34.9 Å². The average molecular weight is 520 g/mol. The van der Waals surface area contributed by atoms with Crippen LogP contribution in [0.3, 0.4) is 0 Å². The number of amides is 1. The third-order valence-electron chi connectivity index (χ3n) is 6.86. The summed E-state index contributed by atoms with van der Waals surface area (Å²) in [5.74, 6) is 2.06. The molecule has 3 N–H and O–H groups in total. The molecule has 3 aromatic rings. The molecule has 5 rings (SSSR count). The fourth-order valence-electron chi connectivity index (χ4n) is 4.48. The van der Waals surface area contributed by atoms with Gasteiger partial charge in [-0.25, -0.2) is 0 Å². The Morgan fingerprint density at radius 3 is 2.50 bits per heavy atom. The summed E-state index contributed by atoms with van der Waals surface area (Å²) in [6.45, 7) is 0.225. The van der Waals surface area contributed by atoms with E-state index in [0.717, 1.165) is 49.6 Å². The zero-order chi connectivity index (χ0) is 26.5. The van der Waals surface area contributed by atoms with Crippen molar-refractivity contribution >= 4 is 28.5 Å². The topological polar surface area (TPSA) is 122 Å². The summed E-state index contributed by atoms with van der Waals surface area (Å²) in [5, 5.41) is 3.67. The predicted octanol–water partition coefficient (Wildman–Crippen LogP) is 4.97. The molecule has 0 spiro atoms. The van der Waals surface area contributed by atoms with E-state index in [1.807, 2.05) is 30.3 Å². The summed E-state index contributed by atoms with van der Waals surface area (Å²) in [6, 6.07) is 11.9. The van der Waals surface area contributed by atoms with Crippen LogP contribution in [0.25, 0.3) is 10.9 Å². The van der Waals surface area contributed by atoms with E-state index in [4.69, 9.17) is 24.7 Å². The quantitative estimate of drug-likeness (QED) is 0.341. The summed E-state index contributed by atoms with van der Waals surface area (Å²) >= 11 is 0. The van der Waals surface area contributed by atoms with E-state index in [9.17, 15) is 9.59 Å². The first-order chi connectivity index (χ1) is 18.5. The molecule has 1 unspecified atom stereocenters. The van der Waals surface area contributed by atoms with Crippen LogP contribution < -0.4 is 25.3 Å². The van der Waals surface area contributed by atoms with Gasteiger partial charge >= 0.3 is 5.97 Å². The van der Waals surface area contributed by atoms with Crippen LogP contribution in [0.2, 0.25) is 0 Å². The molecular formula is C29H33N3O6. The minimum Gasteiger partial charge on any atom is -0.493 e. The van der Waals surface area contributed by atoms with Gasteiger partial charge in [0, 0.05) is 35.7 Å². The number of hydrogen-bond donors (Lipinski definition) is 2. The Morgan fingerprint density at radius 1 is 1.03 bits per heavy atom. The molecule has 1 aromatic heterocycles. The van der Waals surface area contributed by atoms with Crippen LogP contribution in [0.5, 0.6) is 23.0 Å². The second-order valence-electron chi connectivity index (χ2n) is 9.81. The zero-order valence-corrected chi connectivity index (χ0v) is 21.5. The molecule has 2 fully saturated rings. The number of anilines is 1. The number of rotatable bonds is 11. The summed E-state index contributed by atoms with van der Waals surface area (Å²) in [4.78, 5) is 28.7. The second-order valence-corrected chi connectivity index (χ2v) is 9.81. The predicted molar refractivity (Wildman–Crippen MR) is 143 cm³/mol. The lowest BCUT2D eigenvalue weighted by atomic mass is 10.1. The average Bonchev–Trinajstić information content (AvgIpc) is 3.66. The van der Waals surface area contributed by atoms with Crippen molar-refractivity contribution in [1.29, 1.82) is 0 Å². The van der Waals surface area contributed by atoms with Gasteiger partial charge in [0.05, 0.1) is 19.2 Å². The molecule has 1 atom stereocenters. The number of ether oxygens (including phenoxy) is 4. The fourth-order valence-corrected chi connectivity index (χ4v) is 4.48. The summed E-state index contributed by atoms with van der Waals surface area (Å²) in [6.07, 6.45) is 7.88. The number of aromatic nitrogens is 1. The monoisotopic (exact) mass is 519 g/mol. The molecule has 9 heteroatoms. The Kier molecular flexibility index (Phi) is 7.93. The Labute approximate surface area is 221 Å². The number of methoxy groups -OCH3 is 1. The third kappa shape index (κ3) is 6.34. The summed E-state index contributed by atoms with van der Waals surface area (Å²) in [7, 11) is 1.56. The molecule has 2 saturated carbocycles. The number of carbonyl (C=O) groups is 2. The van der Waals surface area contributed by atoms with E-state index < -0.39 is 6.04 Å². The Bertz CT molecular complexity index is 1290. The highest BCUT2D eigenvalue weighted by Crippen LogP contribution is 2.37. The van der Waals surface area contributed by atoms with E-state index in [1.165, 1.54) is 0 Å². The lowest BCUT2D eigenvalue weighted by Crippen LogP contribution is -2.35. The van der Waals surface area contributed by atoms with Crippen molar-refractivity contribution in [2.75, 3.05) is 19.0 Å². The maximum absolute atomic E-state index is 12.3. The van der Waals surface area contributed by atoms with Gasteiger partial charge in [-0.05, 0) is 74.9 Å². The molecule has 38 heavy (non-hydrogen) atoms. The van der Waals surface area contributed by atoms with Gasteiger partial charge in [-0.3, -0.25) is 14.6 Å². The number of hydrogen-bond acceptors (Lipinski definition) is 8. The van der Waals surface area contributed by atoms with Gasteiger partial charge < -0.3 is 30.0 Å². The van der Waals surface area contributed by atoms with Crippen LogP contribution >= 0.6 is 0 Å². The first-order valence-electron chi connectivity index (χ1n) is 13.1. The van der Waals surface area contributed by atoms with E-state index in [1.54, 1.807) is 25.4 Å². The van der Waals surface area contributed by atoms with Crippen LogP contribution in [-0.2, 0) is 14.3 Å². The Hall–Kier alpha value is -3.85. The summed E-state index contributed by atoms with van der Waals surface area (Å²) in [5.41, 5.74) is 7.43. The lowest BCUT2D eigenvalue weighted by molar-refractivity contribution is -0.150. The smallest absolute Gasteiger partial charge is 0.323 e. The van der Waals surface area contributed by atoms with Crippen molar-refractivity contribution in [1.82, 2.24) is 4.98 Å². The highest BCUT2D eigenvalue weighted by Gasteiger charge is 2.29. The van der Waals surface area contributed by atoms with E-state index in [2.05, 4.69) is 10.3 Å². The Morgan fingerprint density at radius 2 is 1.79 bits per heavy atom. The first-order valence-corrected chi connectivity index (χ1v) is 13.1. The maximum atomic E-state index is 12.3. The van der Waals surface area contributed by atoms with Gasteiger partial charge in [0.2, 0.25) is 5.91 Å². The van der Waals surface area contributed by atoms with Crippen molar-refractivity contribution in [2.24, 2.45) is 11.7 Å². The van der Waals surface area contributed by atoms with Crippen molar-refractivity contribution in [2.45, 2.75) is 57.1 Å². The first kappa shape index (κ1) is 25.8. The Balaban J connectivity index is 1.22. The van der Waals surface area contributed by atoms with Crippen LogP contribution in [0.15, 0.2) is 48.7 Å². The van der Waals surface area contributed by atoms with Crippen molar-refractivity contribution in [3.8, 4) is 23.0 Å². The van der Waals surface area contributed by atoms with Gasteiger partial charge in [0.1, 0.15) is 23.6 Å². The number of pyridine rings is 1. The van der Waals surface area contributed by atoms with Gasteiger partial charge in [-0.2, -0.15) is 0 Å². The molecule has 1 amide bonds. The maximum Gasteiger partial charge on any atom is 0.323 e. The lowest BCUT2D eigenvalue weighted by Gasteiger charge is -2.17. The molecule has 1 heterocycles. The molecule has 0 radical (unpaired) electrons. The largest absolute Gasteiger partial charge is 0.493 e. The van der Waals surface area contributed by atoms with Crippen LogP contribution in [-0.4, -0.2) is 42.7 Å².